The molecule has 1 N–H and O–H groups in total. The number of carbonyl (C=O) groups is 1. The zero-order chi connectivity index (χ0) is 23.0. The van der Waals surface area contributed by atoms with Crippen LogP contribution in [0, 0.1) is 5.92 Å². The minimum atomic E-state index is -0.524. The number of carbonyl (C=O) groups excluding carboxylic acids is 1. The van der Waals surface area contributed by atoms with Crippen molar-refractivity contribution in [3.63, 3.8) is 0 Å². The van der Waals surface area contributed by atoms with E-state index in [1.807, 2.05) is 44.2 Å². The van der Waals surface area contributed by atoms with E-state index >= 15 is 0 Å². The van der Waals surface area contributed by atoms with Crippen LogP contribution >= 0.6 is 0 Å². The number of aromatic amines is 1. The van der Waals surface area contributed by atoms with Crippen molar-refractivity contribution in [2.75, 3.05) is 27.9 Å². The van der Waals surface area contributed by atoms with Crippen molar-refractivity contribution in [3.05, 3.63) is 63.4 Å². The van der Waals surface area contributed by atoms with E-state index in [1.165, 1.54) is 0 Å². The van der Waals surface area contributed by atoms with Gasteiger partial charge in [-0.2, -0.15) is 0 Å². The summed E-state index contributed by atoms with van der Waals surface area (Å²) in [5, 5.41) is 0.866. The van der Waals surface area contributed by atoms with Gasteiger partial charge in [0.2, 0.25) is 5.91 Å². The molecule has 2 aromatic carbocycles. The van der Waals surface area contributed by atoms with Crippen LogP contribution in [0.4, 0.5) is 0 Å². The lowest BCUT2D eigenvalue weighted by Crippen LogP contribution is -2.44. The second-order valence-corrected chi connectivity index (χ2v) is 8.25. The van der Waals surface area contributed by atoms with Crippen LogP contribution in [0.15, 0.2) is 41.2 Å². The summed E-state index contributed by atoms with van der Waals surface area (Å²) >= 11 is 0. The maximum absolute atomic E-state index is 13.3. The van der Waals surface area contributed by atoms with Gasteiger partial charge in [0.1, 0.15) is 5.75 Å². The highest BCUT2D eigenvalue weighted by atomic mass is 16.5. The van der Waals surface area contributed by atoms with Crippen LogP contribution in [0.5, 0.6) is 17.2 Å². The Hall–Kier alpha value is -3.48. The number of benzene rings is 2. The molecule has 2 heterocycles. The Kier molecular flexibility index (Phi) is 5.82. The molecule has 0 saturated carbocycles. The van der Waals surface area contributed by atoms with Crippen LogP contribution in [0.1, 0.15) is 36.6 Å². The first-order chi connectivity index (χ1) is 15.4. The van der Waals surface area contributed by atoms with Crippen molar-refractivity contribution in [1.82, 2.24) is 9.88 Å². The molecule has 4 rings (SSSR count). The van der Waals surface area contributed by atoms with Crippen molar-refractivity contribution in [3.8, 4) is 17.2 Å². The number of aromatic nitrogens is 1. The molecule has 0 aliphatic carbocycles. The summed E-state index contributed by atoms with van der Waals surface area (Å²) in [6.07, 6.45) is 0.674. The van der Waals surface area contributed by atoms with Gasteiger partial charge in [0.05, 0.1) is 32.9 Å². The van der Waals surface area contributed by atoms with Gasteiger partial charge in [-0.25, -0.2) is 0 Å². The number of hydrogen-bond donors (Lipinski definition) is 1. The summed E-state index contributed by atoms with van der Waals surface area (Å²) in [6, 6.07) is 10.7. The number of methoxy groups -OCH3 is 3. The number of rotatable bonds is 5. The monoisotopic (exact) mass is 436 g/mol. The third-order valence-electron chi connectivity index (χ3n) is 6.03. The lowest BCUT2D eigenvalue weighted by Gasteiger charge is -2.38. The summed E-state index contributed by atoms with van der Waals surface area (Å²) < 4.78 is 16.3. The van der Waals surface area contributed by atoms with Gasteiger partial charge in [0, 0.05) is 24.1 Å². The number of nitrogens with zero attached hydrogens (tertiary/aromatic N) is 1. The van der Waals surface area contributed by atoms with E-state index in [1.54, 1.807) is 32.3 Å². The highest BCUT2D eigenvalue weighted by molar-refractivity contribution is 5.82. The van der Waals surface area contributed by atoms with Crippen molar-refractivity contribution in [2.24, 2.45) is 5.92 Å². The molecular weight excluding hydrogens is 408 g/mol. The van der Waals surface area contributed by atoms with Gasteiger partial charge < -0.3 is 24.1 Å². The fraction of sp³-hybridized carbons (Fsp3) is 0.360. The summed E-state index contributed by atoms with van der Waals surface area (Å²) in [4.78, 5) is 31.2. The Morgan fingerprint density at radius 1 is 1.00 bits per heavy atom. The van der Waals surface area contributed by atoms with Gasteiger partial charge in [-0.15, -0.1) is 0 Å². The van der Waals surface area contributed by atoms with E-state index in [2.05, 4.69) is 4.98 Å². The van der Waals surface area contributed by atoms with E-state index in [0.29, 0.717) is 41.3 Å². The predicted octanol–water partition coefficient (Wildman–Crippen LogP) is 3.68. The smallest absolute Gasteiger partial charge is 0.254 e. The number of nitrogens with one attached hydrogen (secondary N) is 1. The van der Waals surface area contributed by atoms with E-state index in [9.17, 15) is 9.59 Å². The molecule has 3 aromatic rings. The third kappa shape index (κ3) is 3.68. The fourth-order valence-corrected chi connectivity index (χ4v) is 4.38. The van der Waals surface area contributed by atoms with E-state index in [0.717, 1.165) is 16.5 Å². The summed E-state index contributed by atoms with van der Waals surface area (Å²) in [5.74, 6) is 1.68. The molecule has 0 spiro atoms. The SMILES string of the molecule is COc1ccc2cc([C@@H]3c4cc(OC)c(OC)cc4CCN3C(=O)C(C)C)c(=O)[nH]c2c1. The molecule has 0 saturated heterocycles. The zero-order valence-corrected chi connectivity index (χ0v) is 19.0. The average Bonchev–Trinajstić information content (AvgIpc) is 2.81. The Balaban J connectivity index is 1.95. The molecule has 32 heavy (non-hydrogen) atoms. The first-order valence-electron chi connectivity index (χ1n) is 10.6. The van der Waals surface area contributed by atoms with Gasteiger partial charge in [0.15, 0.2) is 11.5 Å². The first kappa shape index (κ1) is 21.7. The molecule has 1 aromatic heterocycles. The van der Waals surface area contributed by atoms with Crippen LogP contribution in [0.3, 0.4) is 0 Å². The van der Waals surface area contributed by atoms with Crippen LogP contribution in [-0.4, -0.2) is 43.7 Å². The number of ether oxygens (including phenoxy) is 3. The lowest BCUT2D eigenvalue weighted by atomic mass is 9.87. The van der Waals surface area contributed by atoms with Crippen molar-refractivity contribution < 1.29 is 19.0 Å². The summed E-state index contributed by atoms with van der Waals surface area (Å²) in [5.41, 5.74) is 2.88. The first-order valence-corrected chi connectivity index (χ1v) is 10.6. The van der Waals surface area contributed by atoms with Crippen LogP contribution in [0.2, 0.25) is 0 Å². The second-order valence-electron chi connectivity index (χ2n) is 8.25. The number of pyridine rings is 1. The van der Waals surface area contributed by atoms with E-state index < -0.39 is 6.04 Å². The van der Waals surface area contributed by atoms with Crippen molar-refractivity contribution in [1.29, 1.82) is 0 Å². The third-order valence-corrected chi connectivity index (χ3v) is 6.03. The molecule has 7 nitrogen and oxygen atoms in total. The number of H-pyrrole nitrogens is 1. The Bertz CT molecular complexity index is 1230. The topological polar surface area (TPSA) is 80.9 Å². The molecule has 168 valence electrons. The number of amides is 1. The number of hydrogen-bond acceptors (Lipinski definition) is 5. The van der Waals surface area contributed by atoms with E-state index in [4.69, 9.17) is 14.2 Å². The molecule has 0 bridgehead atoms. The minimum absolute atomic E-state index is 0.00432. The quantitative estimate of drug-likeness (QED) is 0.660. The molecule has 1 atom stereocenters. The molecule has 0 radical (unpaired) electrons. The maximum atomic E-state index is 13.3. The van der Waals surface area contributed by atoms with Crippen molar-refractivity contribution >= 4 is 16.8 Å². The summed E-state index contributed by atoms with van der Waals surface area (Å²) in [7, 11) is 4.76. The highest BCUT2D eigenvalue weighted by Crippen LogP contribution is 2.41. The Morgan fingerprint density at radius 2 is 1.72 bits per heavy atom. The molecule has 1 amide bonds. The maximum Gasteiger partial charge on any atom is 0.254 e. The fourth-order valence-electron chi connectivity index (χ4n) is 4.38. The van der Waals surface area contributed by atoms with Gasteiger partial charge in [0.25, 0.3) is 5.56 Å². The molecule has 0 fully saturated rings. The van der Waals surface area contributed by atoms with Crippen molar-refractivity contribution in [2.45, 2.75) is 26.3 Å². The summed E-state index contributed by atoms with van der Waals surface area (Å²) in [6.45, 7) is 4.27. The molecule has 1 aliphatic rings. The van der Waals surface area contributed by atoms with Gasteiger partial charge >= 0.3 is 0 Å². The predicted molar refractivity (Wildman–Crippen MR) is 123 cm³/mol. The molecule has 7 heteroatoms. The van der Waals surface area contributed by atoms with Crippen LogP contribution < -0.4 is 19.8 Å². The molecule has 0 unspecified atom stereocenters. The van der Waals surface area contributed by atoms with Gasteiger partial charge in [-0.05, 0) is 53.3 Å². The van der Waals surface area contributed by atoms with Crippen LogP contribution in [0.25, 0.3) is 10.9 Å². The molecule has 1 aliphatic heterocycles. The molecular formula is C25H28N2O5. The Labute approximate surface area is 186 Å². The van der Waals surface area contributed by atoms with Crippen LogP contribution in [-0.2, 0) is 11.2 Å². The highest BCUT2D eigenvalue weighted by Gasteiger charge is 2.35. The second kappa shape index (κ2) is 8.57. The average molecular weight is 437 g/mol. The van der Waals surface area contributed by atoms with Gasteiger partial charge in [-0.1, -0.05) is 13.8 Å². The lowest BCUT2D eigenvalue weighted by molar-refractivity contribution is -0.136. The normalized spacial score (nSPS) is 15.6. The van der Waals surface area contributed by atoms with E-state index in [-0.39, 0.29) is 17.4 Å². The standard InChI is InChI=1S/C25H28N2O5/c1-14(2)25(29)27-9-8-15-11-21(31-4)22(32-5)13-18(15)23(27)19-10-16-6-7-17(30-3)12-20(16)26-24(19)28/h6-7,10-14,23H,8-9H2,1-5H3,(H,26,28)/t23-/m0/s1. The van der Waals surface area contributed by atoms with Gasteiger partial charge in [-0.3, -0.25) is 9.59 Å². The number of fused-ring (bicyclic) bond motifs is 2. The minimum Gasteiger partial charge on any atom is -0.497 e. The largest absolute Gasteiger partial charge is 0.497 e. The zero-order valence-electron chi connectivity index (χ0n) is 19.0. The Morgan fingerprint density at radius 3 is 2.38 bits per heavy atom.